The normalized spacial score (nSPS) is 10.2. The Morgan fingerprint density at radius 1 is 1.05 bits per heavy atom. The largest absolute Gasteiger partial charge is 0.341 e. The quantitative estimate of drug-likeness (QED) is 0.734. The summed E-state index contributed by atoms with van der Waals surface area (Å²) < 4.78 is 0.710. The van der Waals surface area contributed by atoms with Gasteiger partial charge in [-0.25, -0.2) is 0 Å². The van der Waals surface area contributed by atoms with E-state index >= 15 is 0 Å². The van der Waals surface area contributed by atoms with Gasteiger partial charge in [0, 0.05) is 11.4 Å². The van der Waals surface area contributed by atoms with Gasteiger partial charge in [-0.2, -0.15) is 0 Å². The van der Waals surface area contributed by atoms with Crippen molar-refractivity contribution in [3.63, 3.8) is 0 Å². The molecule has 0 bridgehead atoms. The van der Waals surface area contributed by atoms with Crippen LogP contribution in [0, 0.1) is 0 Å². The zero-order valence-electron chi connectivity index (χ0n) is 9.90. The number of nitrogens with one attached hydrogen (secondary N) is 1. The monoisotopic (exact) mass is 327 g/mol. The summed E-state index contributed by atoms with van der Waals surface area (Å²) in [5, 5.41) is 4.18. The molecular weight excluding hydrogens is 317 g/mol. The van der Waals surface area contributed by atoms with Crippen LogP contribution in [0.1, 0.15) is 5.56 Å². The van der Waals surface area contributed by atoms with E-state index in [9.17, 15) is 0 Å². The summed E-state index contributed by atoms with van der Waals surface area (Å²) in [5.74, 6) is 0.841. The second-order valence-electron chi connectivity index (χ2n) is 3.82. The number of hydrogen-bond acceptors (Lipinski definition) is 2. The van der Waals surface area contributed by atoms with Crippen molar-refractivity contribution in [1.29, 1.82) is 0 Å². The molecule has 0 aromatic heterocycles. The molecular formula is C14H11Cl2NS2. The molecule has 19 heavy (non-hydrogen) atoms. The van der Waals surface area contributed by atoms with Crippen LogP contribution in [-0.4, -0.2) is 4.32 Å². The van der Waals surface area contributed by atoms with E-state index in [4.69, 9.17) is 35.4 Å². The lowest BCUT2D eigenvalue weighted by molar-refractivity contribution is 1.42. The van der Waals surface area contributed by atoms with Gasteiger partial charge >= 0.3 is 0 Å². The first kappa shape index (κ1) is 14.7. The molecule has 2 aromatic rings. The molecule has 2 aromatic carbocycles. The van der Waals surface area contributed by atoms with E-state index in [1.54, 1.807) is 23.9 Å². The van der Waals surface area contributed by atoms with Gasteiger partial charge in [0.05, 0.1) is 10.0 Å². The van der Waals surface area contributed by atoms with Gasteiger partial charge in [0.1, 0.15) is 4.32 Å². The molecule has 2 rings (SSSR count). The molecule has 0 aliphatic heterocycles. The van der Waals surface area contributed by atoms with Crippen LogP contribution in [-0.2, 0) is 5.75 Å². The van der Waals surface area contributed by atoms with Crippen LogP contribution in [0.25, 0.3) is 0 Å². The summed E-state index contributed by atoms with van der Waals surface area (Å²) in [6, 6.07) is 15.6. The Kier molecular flexibility index (Phi) is 5.52. The molecule has 0 amide bonds. The van der Waals surface area contributed by atoms with Gasteiger partial charge in [-0.1, -0.05) is 77.5 Å². The molecule has 0 saturated heterocycles. The van der Waals surface area contributed by atoms with E-state index < -0.39 is 0 Å². The lowest BCUT2D eigenvalue weighted by Crippen LogP contribution is -2.04. The third-order valence-electron chi connectivity index (χ3n) is 2.38. The zero-order valence-corrected chi connectivity index (χ0v) is 13.0. The first-order chi connectivity index (χ1) is 9.15. The standard InChI is InChI=1S/C14H11Cl2NS2/c15-12-7-6-11(8-13(12)16)17-14(18)19-9-10-4-2-1-3-5-10/h1-8H,9H2,(H,17,18). The molecule has 0 heterocycles. The first-order valence-corrected chi connectivity index (χ1v) is 7.73. The fraction of sp³-hybridized carbons (Fsp3) is 0.0714. The van der Waals surface area contributed by atoms with Gasteiger partial charge in [0.15, 0.2) is 0 Å². The number of benzene rings is 2. The van der Waals surface area contributed by atoms with Crippen molar-refractivity contribution in [2.45, 2.75) is 5.75 Å². The van der Waals surface area contributed by atoms with Crippen LogP contribution in [0.15, 0.2) is 48.5 Å². The van der Waals surface area contributed by atoms with Crippen molar-refractivity contribution < 1.29 is 0 Å². The van der Waals surface area contributed by atoms with Gasteiger partial charge in [-0.3, -0.25) is 0 Å². The van der Waals surface area contributed by atoms with Gasteiger partial charge < -0.3 is 5.32 Å². The summed E-state index contributed by atoms with van der Waals surface area (Å²) in [7, 11) is 0. The minimum absolute atomic E-state index is 0.516. The summed E-state index contributed by atoms with van der Waals surface area (Å²) in [6.07, 6.45) is 0. The molecule has 5 heteroatoms. The highest BCUT2D eigenvalue weighted by atomic mass is 35.5. The fourth-order valence-corrected chi connectivity index (χ4v) is 2.72. The van der Waals surface area contributed by atoms with E-state index in [2.05, 4.69) is 17.4 Å². The van der Waals surface area contributed by atoms with Crippen LogP contribution in [0.2, 0.25) is 10.0 Å². The van der Waals surface area contributed by atoms with Crippen molar-refractivity contribution in [2.24, 2.45) is 0 Å². The molecule has 0 aliphatic carbocycles. The Hall–Kier alpha value is -0.740. The summed E-state index contributed by atoms with van der Waals surface area (Å²) in [6.45, 7) is 0. The number of halogens is 2. The smallest absolute Gasteiger partial charge is 0.138 e. The van der Waals surface area contributed by atoms with E-state index in [-0.39, 0.29) is 0 Å². The maximum Gasteiger partial charge on any atom is 0.138 e. The highest BCUT2D eigenvalue weighted by molar-refractivity contribution is 8.22. The lowest BCUT2D eigenvalue weighted by Gasteiger charge is -2.08. The molecule has 0 aliphatic rings. The molecule has 0 spiro atoms. The van der Waals surface area contributed by atoms with Gasteiger partial charge in [-0.15, -0.1) is 0 Å². The van der Waals surface area contributed by atoms with Crippen LogP contribution in [0.5, 0.6) is 0 Å². The van der Waals surface area contributed by atoms with Gasteiger partial charge in [0.25, 0.3) is 0 Å². The predicted octanol–water partition coefficient (Wildman–Crippen LogP) is 5.62. The summed E-state index contributed by atoms with van der Waals surface area (Å²) >= 11 is 18.7. The summed E-state index contributed by atoms with van der Waals surface area (Å²) in [5.41, 5.74) is 2.09. The van der Waals surface area contributed by atoms with Crippen molar-refractivity contribution >= 4 is 57.2 Å². The molecule has 0 unspecified atom stereocenters. The minimum atomic E-state index is 0.516. The van der Waals surface area contributed by atoms with E-state index in [1.165, 1.54) is 5.56 Å². The Balaban J connectivity index is 1.89. The number of hydrogen-bond donors (Lipinski definition) is 1. The maximum atomic E-state index is 5.95. The van der Waals surface area contributed by atoms with Gasteiger partial charge in [0.2, 0.25) is 0 Å². The van der Waals surface area contributed by atoms with Crippen LogP contribution in [0.4, 0.5) is 5.69 Å². The van der Waals surface area contributed by atoms with Crippen molar-refractivity contribution in [3.8, 4) is 0 Å². The predicted molar refractivity (Wildman–Crippen MR) is 90.4 cm³/mol. The maximum absolute atomic E-state index is 5.95. The molecule has 0 fully saturated rings. The Morgan fingerprint density at radius 2 is 1.79 bits per heavy atom. The third-order valence-corrected chi connectivity index (χ3v) is 4.42. The topological polar surface area (TPSA) is 12.0 Å². The van der Waals surface area contributed by atoms with Crippen molar-refractivity contribution in [3.05, 3.63) is 64.1 Å². The van der Waals surface area contributed by atoms with Crippen molar-refractivity contribution in [2.75, 3.05) is 5.32 Å². The molecule has 98 valence electrons. The third kappa shape index (κ3) is 4.69. The number of thioether (sulfide) groups is 1. The minimum Gasteiger partial charge on any atom is -0.341 e. The second-order valence-corrected chi connectivity index (χ2v) is 6.28. The highest BCUT2D eigenvalue weighted by Gasteiger charge is 2.02. The average molecular weight is 328 g/mol. The number of anilines is 1. The van der Waals surface area contributed by atoms with Crippen LogP contribution < -0.4 is 5.32 Å². The fourth-order valence-electron chi connectivity index (χ4n) is 1.45. The van der Waals surface area contributed by atoms with Crippen LogP contribution >= 0.6 is 47.2 Å². The van der Waals surface area contributed by atoms with Crippen LogP contribution in [0.3, 0.4) is 0 Å². The number of rotatable bonds is 3. The van der Waals surface area contributed by atoms with E-state index in [0.29, 0.717) is 14.4 Å². The molecule has 0 saturated carbocycles. The lowest BCUT2D eigenvalue weighted by atomic mass is 10.2. The van der Waals surface area contributed by atoms with E-state index in [0.717, 1.165) is 11.4 Å². The first-order valence-electron chi connectivity index (χ1n) is 5.58. The molecule has 1 N–H and O–H groups in total. The Bertz CT molecular complexity index is 573. The zero-order chi connectivity index (χ0) is 13.7. The van der Waals surface area contributed by atoms with Gasteiger partial charge in [-0.05, 0) is 23.8 Å². The average Bonchev–Trinajstić information content (AvgIpc) is 2.42. The summed E-state index contributed by atoms with van der Waals surface area (Å²) in [4.78, 5) is 0. The molecule has 0 radical (unpaired) electrons. The van der Waals surface area contributed by atoms with E-state index in [1.807, 2.05) is 24.3 Å². The van der Waals surface area contributed by atoms with Crippen molar-refractivity contribution in [1.82, 2.24) is 0 Å². The molecule has 1 nitrogen and oxygen atoms in total. The second kappa shape index (κ2) is 7.15. The Morgan fingerprint density at radius 3 is 2.47 bits per heavy atom. The Labute approximate surface area is 132 Å². The molecule has 0 atom stereocenters. The number of thiocarbonyl (C=S) groups is 1. The SMILES string of the molecule is S=C(Nc1ccc(Cl)c(Cl)c1)SCc1ccccc1. The highest BCUT2D eigenvalue weighted by Crippen LogP contribution is 2.26.